The lowest BCUT2D eigenvalue weighted by Gasteiger charge is -1.94. The summed E-state index contributed by atoms with van der Waals surface area (Å²) < 4.78 is 9.82. The zero-order valence-corrected chi connectivity index (χ0v) is 6.87. The Morgan fingerprint density at radius 3 is 2.46 bits per heavy atom. The van der Waals surface area contributed by atoms with Crippen molar-refractivity contribution < 1.29 is 18.7 Å². The topological polar surface area (TPSA) is 56.5 Å². The lowest BCUT2D eigenvalue weighted by atomic mass is 10.3. The summed E-state index contributed by atoms with van der Waals surface area (Å²) in [6, 6.07) is 3.37. The second-order valence-electron chi connectivity index (χ2n) is 2.67. The molecule has 13 heavy (non-hydrogen) atoms. The van der Waals surface area contributed by atoms with Gasteiger partial charge in [0.25, 0.3) is 5.78 Å². The SMILES string of the molecule is Cc1ccc(C2=CC(=O)C(=O)O2)o1. The van der Waals surface area contributed by atoms with Gasteiger partial charge in [0.05, 0.1) is 0 Å². The molecule has 66 valence electrons. The maximum atomic E-state index is 10.8. The molecule has 1 aromatic rings. The van der Waals surface area contributed by atoms with Crippen LogP contribution in [0.1, 0.15) is 11.5 Å². The third kappa shape index (κ3) is 1.26. The van der Waals surface area contributed by atoms with Crippen LogP contribution in [-0.4, -0.2) is 11.8 Å². The minimum absolute atomic E-state index is 0.183. The van der Waals surface area contributed by atoms with E-state index in [1.54, 1.807) is 19.1 Å². The van der Waals surface area contributed by atoms with E-state index in [2.05, 4.69) is 4.74 Å². The number of cyclic esters (lactones) is 1. The summed E-state index contributed by atoms with van der Waals surface area (Å²) in [4.78, 5) is 21.5. The maximum Gasteiger partial charge on any atom is 0.384 e. The average molecular weight is 178 g/mol. The van der Waals surface area contributed by atoms with Crippen LogP contribution in [0.4, 0.5) is 0 Å². The largest absolute Gasteiger partial charge is 0.458 e. The number of carbonyl (C=O) groups is 2. The molecule has 0 fully saturated rings. The van der Waals surface area contributed by atoms with Gasteiger partial charge in [0.2, 0.25) is 0 Å². The molecule has 0 spiro atoms. The lowest BCUT2D eigenvalue weighted by Crippen LogP contribution is -2.05. The fraction of sp³-hybridized carbons (Fsp3) is 0.111. The van der Waals surface area contributed by atoms with E-state index in [0.717, 1.165) is 6.08 Å². The fourth-order valence-corrected chi connectivity index (χ4v) is 1.05. The second-order valence-corrected chi connectivity index (χ2v) is 2.67. The van der Waals surface area contributed by atoms with Crippen LogP contribution < -0.4 is 0 Å². The minimum Gasteiger partial charge on any atom is -0.458 e. The van der Waals surface area contributed by atoms with Gasteiger partial charge in [-0.15, -0.1) is 0 Å². The van der Waals surface area contributed by atoms with Gasteiger partial charge in [0.1, 0.15) is 5.76 Å². The summed E-state index contributed by atoms with van der Waals surface area (Å²) in [7, 11) is 0. The van der Waals surface area contributed by atoms with Crippen LogP contribution in [0, 0.1) is 6.92 Å². The molecule has 2 heterocycles. The van der Waals surface area contributed by atoms with Crippen molar-refractivity contribution in [3.63, 3.8) is 0 Å². The average Bonchev–Trinajstić information content (AvgIpc) is 2.61. The number of ether oxygens (including phenoxy) is 1. The highest BCUT2D eigenvalue weighted by atomic mass is 16.6. The molecule has 0 aliphatic carbocycles. The number of esters is 1. The predicted molar refractivity (Wildman–Crippen MR) is 42.5 cm³/mol. The third-order valence-electron chi connectivity index (χ3n) is 1.65. The highest BCUT2D eigenvalue weighted by molar-refractivity contribution is 6.42. The van der Waals surface area contributed by atoms with Crippen molar-refractivity contribution in [1.82, 2.24) is 0 Å². The first-order valence-electron chi connectivity index (χ1n) is 3.71. The Kier molecular flexibility index (Phi) is 1.55. The normalized spacial score (nSPS) is 15.9. The van der Waals surface area contributed by atoms with E-state index in [1.165, 1.54) is 0 Å². The van der Waals surface area contributed by atoms with Gasteiger partial charge in [-0.2, -0.15) is 0 Å². The van der Waals surface area contributed by atoms with Crippen LogP contribution in [0.25, 0.3) is 5.76 Å². The molecule has 0 saturated carbocycles. The molecule has 0 aromatic carbocycles. The van der Waals surface area contributed by atoms with E-state index in [4.69, 9.17) is 4.42 Å². The van der Waals surface area contributed by atoms with Crippen LogP contribution in [0.2, 0.25) is 0 Å². The van der Waals surface area contributed by atoms with Gasteiger partial charge < -0.3 is 9.15 Å². The molecule has 4 heteroatoms. The predicted octanol–water partition coefficient (Wildman–Crippen LogP) is 1.05. The number of carbonyl (C=O) groups excluding carboxylic acids is 2. The fourth-order valence-electron chi connectivity index (χ4n) is 1.05. The molecule has 0 unspecified atom stereocenters. The van der Waals surface area contributed by atoms with Crippen LogP contribution >= 0.6 is 0 Å². The maximum absolute atomic E-state index is 10.8. The Hall–Kier alpha value is -1.84. The monoisotopic (exact) mass is 178 g/mol. The Labute approximate surface area is 73.8 Å². The summed E-state index contributed by atoms with van der Waals surface area (Å²) in [6.45, 7) is 1.77. The third-order valence-corrected chi connectivity index (χ3v) is 1.65. The summed E-state index contributed by atoms with van der Waals surface area (Å²) in [5, 5.41) is 0. The van der Waals surface area contributed by atoms with Crippen LogP contribution in [0.3, 0.4) is 0 Å². The Balaban J connectivity index is 2.34. The van der Waals surface area contributed by atoms with Gasteiger partial charge >= 0.3 is 5.97 Å². The first-order valence-corrected chi connectivity index (χ1v) is 3.71. The van der Waals surface area contributed by atoms with Crippen molar-refractivity contribution in [3.8, 4) is 0 Å². The Bertz CT molecular complexity index is 411. The number of ketones is 1. The van der Waals surface area contributed by atoms with Gasteiger partial charge in [-0.25, -0.2) is 4.79 Å². The van der Waals surface area contributed by atoms with E-state index < -0.39 is 11.8 Å². The highest BCUT2D eigenvalue weighted by Crippen LogP contribution is 2.22. The van der Waals surface area contributed by atoms with Crippen molar-refractivity contribution in [2.45, 2.75) is 6.92 Å². The van der Waals surface area contributed by atoms with Crippen molar-refractivity contribution in [3.05, 3.63) is 29.7 Å². The molecular formula is C9H6O4. The summed E-state index contributed by atoms with van der Waals surface area (Å²) in [5.74, 6) is -0.223. The molecule has 0 bridgehead atoms. The van der Waals surface area contributed by atoms with Gasteiger partial charge in [-0.3, -0.25) is 4.79 Å². The molecular weight excluding hydrogens is 172 g/mol. The summed E-state index contributed by atoms with van der Waals surface area (Å²) in [5.41, 5.74) is 0. The van der Waals surface area contributed by atoms with Crippen molar-refractivity contribution in [2.24, 2.45) is 0 Å². The molecule has 0 atom stereocenters. The first-order chi connectivity index (χ1) is 6.16. The molecule has 4 nitrogen and oxygen atoms in total. The Morgan fingerprint density at radius 2 is 2.00 bits per heavy atom. The van der Waals surface area contributed by atoms with E-state index in [9.17, 15) is 9.59 Å². The molecule has 2 rings (SSSR count). The van der Waals surface area contributed by atoms with Gasteiger partial charge in [-0.05, 0) is 19.1 Å². The van der Waals surface area contributed by atoms with E-state index in [-0.39, 0.29) is 5.76 Å². The number of aryl methyl sites for hydroxylation is 1. The van der Waals surface area contributed by atoms with E-state index in [0.29, 0.717) is 11.5 Å². The summed E-state index contributed by atoms with van der Waals surface area (Å²) >= 11 is 0. The summed E-state index contributed by atoms with van der Waals surface area (Å²) in [6.07, 6.45) is 1.13. The van der Waals surface area contributed by atoms with Crippen molar-refractivity contribution in [2.75, 3.05) is 0 Å². The van der Waals surface area contributed by atoms with Crippen LogP contribution in [-0.2, 0) is 14.3 Å². The smallest absolute Gasteiger partial charge is 0.384 e. The van der Waals surface area contributed by atoms with E-state index >= 15 is 0 Å². The van der Waals surface area contributed by atoms with Gasteiger partial charge in [-0.1, -0.05) is 0 Å². The quantitative estimate of drug-likeness (QED) is 0.476. The van der Waals surface area contributed by atoms with E-state index in [1.807, 2.05) is 0 Å². The molecule has 0 saturated heterocycles. The van der Waals surface area contributed by atoms with Gasteiger partial charge in [0, 0.05) is 6.08 Å². The Morgan fingerprint density at radius 1 is 1.23 bits per heavy atom. The number of hydrogen-bond donors (Lipinski definition) is 0. The van der Waals surface area contributed by atoms with Crippen molar-refractivity contribution in [1.29, 1.82) is 0 Å². The first kappa shape index (κ1) is 7.79. The van der Waals surface area contributed by atoms with Crippen LogP contribution in [0.5, 0.6) is 0 Å². The zero-order valence-electron chi connectivity index (χ0n) is 6.87. The standard InChI is InChI=1S/C9H6O4/c1-5-2-3-7(12-5)8-4-6(10)9(11)13-8/h2-4H,1H3. The molecule has 1 aliphatic rings. The second kappa shape index (κ2) is 2.58. The number of rotatable bonds is 1. The van der Waals surface area contributed by atoms with Gasteiger partial charge in [0.15, 0.2) is 11.5 Å². The molecule has 1 aromatic heterocycles. The molecule has 1 aliphatic heterocycles. The van der Waals surface area contributed by atoms with Crippen LogP contribution in [0.15, 0.2) is 22.6 Å². The highest BCUT2D eigenvalue weighted by Gasteiger charge is 2.26. The minimum atomic E-state index is -0.857. The molecule has 0 radical (unpaired) electrons. The zero-order chi connectivity index (χ0) is 9.42. The number of hydrogen-bond acceptors (Lipinski definition) is 4. The number of furan rings is 1. The molecule has 0 amide bonds. The molecule has 0 N–H and O–H groups in total. The van der Waals surface area contributed by atoms with Crippen molar-refractivity contribution >= 4 is 17.5 Å². The lowest BCUT2D eigenvalue weighted by molar-refractivity contribution is -0.144.